The Bertz CT molecular complexity index is 3560. The number of unbranched alkanes of at least 4 members (excludes halogenated alkanes) is 2. The van der Waals surface area contributed by atoms with Crippen LogP contribution in [0.4, 0.5) is 0 Å². The second-order valence-electron chi connectivity index (χ2n) is 28.3. The number of H-pyrrole nitrogens is 1. The summed E-state index contributed by atoms with van der Waals surface area (Å²) in [7, 11) is 0. The van der Waals surface area contributed by atoms with Gasteiger partial charge < -0.3 is 106 Å². The molecule has 13 amide bonds. The van der Waals surface area contributed by atoms with Gasteiger partial charge in [0, 0.05) is 68.8 Å². The Hall–Kier alpha value is -10.1. The summed E-state index contributed by atoms with van der Waals surface area (Å²) in [5.74, 6) is -14.2. The van der Waals surface area contributed by atoms with Crippen LogP contribution < -0.4 is 86.3 Å². The fraction of sp³-hybridized carbons (Fsp3) is 0.634. The number of aliphatic carboxylic acids is 1. The molecule has 1 aromatic heterocycles. The van der Waals surface area contributed by atoms with Crippen molar-refractivity contribution in [1.82, 2.24) is 88.9 Å². The lowest BCUT2D eigenvalue weighted by Gasteiger charge is -2.31. The normalized spacial score (nSPS) is 22.5. The zero-order chi connectivity index (χ0) is 81.1. The molecule has 1 aromatic carbocycles. The number of carboxylic acid groups (broad SMARTS) is 1. The number of fused-ring (bicyclic) bond motifs is 1. The second kappa shape index (κ2) is 46.5. The minimum absolute atomic E-state index is 0.00241. The molecule has 4 aliphatic heterocycles. The van der Waals surface area contributed by atoms with E-state index in [1.807, 2.05) is 6.92 Å². The second-order valence-corrected chi connectivity index (χ2v) is 30.3. The number of nitrogens with two attached hydrogens (primary N) is 3. The molecule has 5 heterocycles. The Labute approximate surface area is 652 Å². The lowest BCUT2D eigenvalue weighted by Crippen LogP contribution is -2.61. The standard InChI is InChI=1S/C71H110N22O16S2/c1-4-5-17-45-60(99)90-53(65(104)89-51(69(108)109)31-41-15-7-6-8-16-41)38-111-36-43(94)35-110-37-52(64(103)88-50(32-42-33-77-39-81-42)63(102)83-44(18-9-10-25-72)58(97)80-34-57(96)92-28-13-21-54(92)66(105)84-45)91-62(101)49(30-40(2)3)87-59(98)46(19-11-26-78-70(73)74)85-67(106)55-22-14-29-93(55)68(107)48(20-12-27-79-71(75)76)86-61(100)47-23-24-56(95)82-47/h6-8,15-16,33,39-40,44-55H,4-5,9-14,17-32,34-38,72H2,1-3H3,(H,77,81)(H,80,97)(H,82,95)(H,83,102)(H,84,105)(H,85,106)(H,86,100)(H,87,98)(H,88,103)(H,89,104)(H,90,99)(H,91,101)(H,108,109)(H4,73,74,78)(H4,75,76,79)/t44-,45+,46+,47-,48+,49-,50-,51-,52+,53+,54-,55-/m1/s1. The maximum absolute atomic E-state index is 15.1. The number of imidazole rings is 1. The monoisotopic (exact) mass is 1590 g/mol. The van der Waals surface area contributed by atoms with Crippen LogP contribution in [-0.2, 0) is 84.8 Å². The number of carbonyl (C=O) groups is 15. The van der Waals surface area contributed by atoms with Crippen molar-refractivity contribution in [3.05, 3.63) is 54.1 Å². The van der Waals surface area contributed by atoms with Crippen LogP contribution in [0.2, 0.25) is 0 Å². The number of benzene rings is 1. The number of amides is 13. The number of thioether (sulfide) groups is 2. The average Bonchev–Trinajstić information content (AvgIpc) is 1.73. The van der Waals surface area contributed by atoms with E-state index in [0.717, 1.165) is 23.5 Å². The van der Waals surface area contributed by atoms with Gasteiger partial charge in [0.15, 0.2) is 17.7 Å². The molecule has 12 atom stereocenters. The third-order valence-corrected chi connectivity index (χ3v) is 21.1. The molecule has 0 unspecified atom stereocenters. The van der Waals surface area contributed by atoms with E-state index in [4.69, 9.17) is 28.0 Å². The highest BCUT2D eigenvalue weighted by molar-refractivity contribution is 8.01. The number of carbonyl (C=O) groups excluding carboxylic acids is 14. The first-order valence-electron chi connectivity index (χ1n) is 37.7. The van der Waals surface area contributed by atoms with E-state index in [2.05, 4.69) is 79.1 Å². The van der Waals surface area contributed by atoms with Crippen LogP contribution in [0, 0.1) is 16.7 Å². The van der Waals surface area contributed by atoms with Crippen LogP contribution in [0.3, 0.4) is 0 Å². The Morgan fingerprint density at radius 1 is 0.658 bits per heavy atom. The van der Waals surface area contributed by atoms with Crippen molar-refractivity contribution in [2.75, 3.05) is 62.3 Å². The van der Waals surface area contributed by atoms with Crippen molar-refractivity contribution in [1.29, 1.82) is 10.8 Å². The molecule has 0 aliphatic carbocycles. The van der Waals surface area contributed by atoms with E-state index in [1.54, 1.807) is 44.2 Å². The zero-order valence-corrected chi connectivity index (χ0v) is 64.6. The van der Waals surface area contributed by atoms with Crippen molar-refractivity contribution < 1.29 is 77.0 Å². The van der Waals surface area contributed by atoms with Gasteiger partial charge in [0.1, 0.15) is 72.5 Å². The Morgan fingerprint density at radius 3 is 1.92 bits per heavy atom. The van der Waals surface area contributed by atoms with Gasteiger partial charge in [-0.15, -0.1) is 0 Å². The summed E-state index contributed by atoms with van der Waals surface area (Å²) in [5, 5.41) is 60.4. The molecule has 6 rings (SSSR count). The fourth-order valence-corrected chi connectivity index (χ4v) is 15.0. The number of hydrogen-bond acceptors (Lipinski definition) is 21. The van der Waals surface area contributed by atoms with Gasteiger partial charge in [-0.3, -0.25) is 77.9 Å². The molecule has 612 valence electrons. The lowest BCUT2D eigenvalue weighted by molar-refractivity contribution is -0.142. The van der Waals surface area contributed by atoms with Crippen molar-refractivity contribution in [2.24, 2.45) is 23.1 Å². The number of guanidine groups is 2. The summed E-state index contributed by atoms with van der Waals surface area (Å²) < 4.78 is 0. The summed E-state index contributed by atoms with van der Waals surface area (Å²) in [5.41, 5.74) is 17.8. The Morgan fingerprint density at radius 2 is 1.28 bits per heavy atom. The van der Waals surface area contributed by atoms with E-state index >= 15 is 9.59 Å². The topological polar surface area (TPSA) is 594 Å². The summed E-state index contributed by atoms with van der Waals surface area (Å²) >= 11 is 1.79. The van der Waals surface area contributed by atoms with Crippen LogP contribution in [-0.4, -0.2) is 260 Å². The molecule has 38 nitrogen and oxygen atoms in total. The van der Waals surface area contributed by atoms with Crippen LogP contribution in [0.15, 0.2) is 42.9 Å². The van der Waals surface area contributed by atoms with Gasteiger partial charge in [0.25, 0.3) is 0 Å². The highest BCUT2D eigenvalue weighted by Gasteiger charge is 2.42. The minimum atomic E-state index is -1.63. The molecule has 4 aliphatic rings. The first-order chi connectivity index (χ1) is 53.0. The number of hydrogen-bond donors (Lipinski definition) is 20. The van der Waals surface area contributed by atoms with Crippen molar-refractivity contribution in [3.8, 4) is 0 Å². The van der Waals surface area contributed by atoms with E-state index in [0.29, 0.717) is 49.8 Å². The van der Waals surface area contributed by atoms with Crippen LogP contribution in [0.5, 0.6) is 0 Å². The molecule has 0 saturated carbocycles. The predicted octanol–water partition coefficient (Wildman–Crippen LogP) is -4.04. The summed E-state index contributed by atoms with van der Waals surface area (Å²) in [4.78, 5) is 222. The smallest absolute Gasteiger partial charge is 0.326 e. The number of likely N-dealkylation sites (tertiary alicyclic amines) is 1. The SMILES string of the molecule is CCCC[C@@H]1NC(=O)[C@H]2CCCN2C(=O)CNC(=O)[C@@H](CCCCN)NC(=O)[C@@H](Cc2cnc[nH]2)NC(=O)[C@@H](NC(=O)[C@@H](CC(C)C)NC(=O)[C@H](CCCNC(=N)N)NC(=O)[C@H]2CCCN2C(=O)[C@H](CCCNC(=N)N)NC(=O)[C@H]2CCC(=O)N2)CSCC(=O)CSC[C@@H](C(=O)N[C@H](Cc2ccccc2)C(=O)O)NC1=O. The van der Waals surface area contributed by atoms with Gasteiger partial charge in [0.05, 0.1) is 24.4 Å². The quantitative estimate of drug-likeness (QED) is 0.0184. The highest BCUT2D eigenvalue weighted by atomic mass is 32.2. The van der Waals surface area contributed by atoms with E-state index in [1.165, 1.54) is 22.3 Å². The van der Waals surface area contributed by atoms with Crippen LogP contribution in [0.1, 0.15) is 141 Å². The van der Waals surface area contributed by atoms with Gasteiger partial charge in [-0.2, -0.15) is 23.5 Å². The number of aromatic nitrogens is 2. The molecule has 111 heavy (non-hydrogen) atoms. The molecule has 2 aromatic rings. The number of nitrogens with zero attached hydrogens (tertiary/aromatic N) is 3. The summed E-state index contributed by atoms with van der Waals surface area (Å²) in [6.07, 6.45) is 5.62. The highest BCUT2D eigenvalue weighted by Crippen LogP contribution is 2.23. The van der Waals surface area contributed by atoms with Gasteiger partial charge in [-0.05, 0) is 108 Å². The summed E-state index contributed by atoms with van der Waals surface area (Å²) in [6.45, 7) is 5.33. The fourth-order valence-electron chi connectivity index (χ4n) is 13.1. The molecule has 40 heteroatoms. The molecular formula is C71H110N22O16S2. The van der Waals surface area contributed by atoms with E-state index in [9.17, 15) is 67.4 Å². The number of aromatic amines is 1. The van der Waals surface area contributed by atoms with Gasteiger partial charge in [-0.1, -0.05) is 63.9 Å². The zero-order valence-electron chi connectivity index (χ0n) is 63.0. The third-order valence-electron chi connectivity index (χ3n) is 18.9. The summed E-state index contributed by atoms with van der Waals surface area (Å²) in [6, 6.07) is -7.55. The number of Topliss-reactive ketones (excluding diaryl/α,β-unsaturated/α-hetero) is 1. The van der Waals surface area contributed by atoms with Crippen LogP contribution >= 0.6 is 23.5 Å². The van der Waals surface area contributed by atoms with Crippen molar-refractivity contribution in [3.63, 3.8) is 0 Å². The Balaban J connectivity index is 1.31. The molecule has 4 saturated heterocycles. The molecule has 4 fully saturated rings. The molecule has 0 radical (unpaired) electrons. The Kier molecular flexibility index (Phi) is 37.6. The maximum Gasteiger partial charge on any atom is 0.326 e. The number of ketones is 1. The minimum Gasteiger partial charge on any atom is -0.480 e. The number of rotatable bonds is 33. The first kappa shape index (κ1) is 89.8. The first-order valence-corrected chi connectivity index (χ1v) is 40.0. The molecule has 0 spiro atoms. The number of nitrogens with one attached hydrogen (secondary N) is 16. The van der Waals surface area contributed by atoms with Gasteiger partial charge >= 0.3 is 5.97 Å². The van der Waals surface area contributed by atoms with Crippen LogP contribution in [0.25, 0.3) is 0 Å². The lowest BCUT2D eigenvalue weighted by atomic mass is 10.0. The molecule has 23 N–H and O–H groups in total. The van der Waals surface area contributed by atoms with Gasteiger partial charge in [-0.25, -0.2) is 9.78 Å². The number of carboxylic acids is 1. The molecular weight excluding hydrogens is 1480 g/mol. The van der Waals surface area contributed by atoms with E-state index < -0.39 is 162 Å². The van der Waals surface area contributed by atoms with E-state index in [-0.39, 0.29) is 163 Å². The van der Waals surface area contributed by atoms with Gasteiger partial charge in [0.2, 0.25) is 76.8 Å². The van der Waals surface area contributed by atoms with Crippen molar-refractivity contribution >= 4 is 124 Å². The largest absolute Gasteiger partial charge is 0.480 e. The third kappa shape index (κ3) is 30.2. The maximum atomic E-state index is 15.1. The predicted molar refractivity (Wildman–Crippen MR) is 411 cm³/mol. The average molecular weight is 1590 g/mol. The molecule has 0 bridgehead atoms. The van der Waals surface area contributed by atoms with Crippen molar-refractivity contribution in [2.45, 2.75) is 215 Å².